The third kappa shape index (κ3) is 6.35. The normalized spacial score (nSPS) is 10.6. The predicted octanol–water partition coefficient (Wildman–Crippen LogP) is 6.60. The van der Waals surface area contributed by atoms with Crippen molar-refractivity contribution in [1.29, 1.82) is 0 Å². The van der Waals surface area contributed by atoms with E-state index < -0.39 is 6.09 Å². The SMILES string of the molecule is Cl.O=C(Nc1cccc(-c2cccc(-n3c(=O)c(Cc4cccnc4)nc4cccnc43)c2)c1)OCc1ccccc1. The Balaban J connectivity index is 0.00000353. The second kappa shape index (κ2) is 12.9. The molecule has 0 spiro atoms. The molecule has 0 aliphatic carbocycles. The molecule has 3 aromatic heterocycles. The lowest BCUT2D eigenvalue weighted by Crippen LogP contribution is -2.25. The number of hydrogen-bond acceptors (Lipinski definition) is 6. The zero-order valence-corrected chi connectivity index (χ0v) is 23.2. The van der Waals surface area contributed by atoms with E-state index in [-0.39, 0.29) is 24.6 Å². The minimum absolute atomic E-state index is 0. The number of pyridine rings is 2. The van der Waals surface area contributed by atoms with Gasteiger partial charge in [0.15, 0.2) is 5.65 Å². The van der Waals surface area contributed by atoms with E-state index in [4.69, 9.17) is 4.74 Å². The van der Waals surface area contributed by atoms with Crippen LogP contribution in [0.5, 0.6) is 0 Å². The molecule has 0 saturated heterocycles. The fourth-order valence-electron chi connectivity index (χ4n) is 4.60. The zero-order valence-electron chi connectivity index (χ0n) is 22.4. The molecule has 0 bridgehead atoms. The first-order valence-electron chi connectivity index (χ1n) is 13.1. The predicted molar refractivity (Wildman–Crippen MR) is 165 cm³/mol. The average molecular weight is 576 g/mol. The highest BCUT2D eigenvalue weighted by atomic mass is 35.5. The van der Waals surface area contributed by atoms with Crippen molar-refractivity contribution < 1.29 is 9.53 Å². The van der Waals surface area contributed by atoms with Crippen LogP contribution >= 0.6 is 12.4 Å². The fourth-order valence-corrected chi connectivity index (χ4v) is 4.60. The number of carbonyl (C=O) groups is 1. The summed E-state index contributed by atoms with van der Waals surface area (Å²) in [6.45, 7) is 0.180. The van der Waals surface area contributed by atoms with Crippen LogP contribution in [0.3, 0.4) is 0 Å². The summed E-state index contributed by atoms with van der Waals surface area (Å²) in [4.78, 5) is 39.4. The first kappa shape index (κ1) is 28.2. The summed E-state index contributed by atoms with van der Waals surface area (Å²) in [7, 11) is 0. The monoisotopic (exact) mass is 575 g/mol. The summed E-state index contributed by atoms with van der Waals surface area (Å²) in [5.74, 6) is 0. The number of anilines is 1. The van der Waals surface area contributed by atoms with Crippen LogP contribution in [0.25, 0.3) is 28.0 Å². The van der Waals surface area contributed by atoms with Gasteiger partial charge in [-0.3, -0.25) is 19.7 Å². The van der Waals surface area contributed by atoms with Gasteiger partial charge in [0.2, 0.25) is 0 Å². The molecule has 0 radical (unpaired) electrons. The minimum Gasteiger partial charge on any atom is -0.444 e. The lowest BCUT2D eigenvalue weighted by atomic mass is 10.0. The third-order valence-electron chi connectivity index (χ3n) is 6.54. The van der Waals surface area contributed by atoms with Crippen molar-refractivity contribution in [3.63, 3.8) is 0 Å². The molecule has 0 aliphatic heterocycles. The maximum Gasteiger partial charge on any atom is 0.411 e. The Hall–Kier alpha value is -5.34. The highest BCUT2D eigenvalue weighted by Crippen LogP contribution is 2.26. The van der Waals surface area contributed by atoms with Crippen LogP contribution in [-0.2, 0) is 17.8 Å². The van der Waals surface area contributed by atoms with Crippen molar-refractivity contribution in [2.24, 2.45) is 0 Å². The quantitative estimate of drug-likeness (QED) is 0.230. The standard InChI is InChI=1S/C33H25N5O3.ClH/c39-32-30(18-24-10-6-16-34-21-24)37-29-15-7-17-35-31(29)38(32)28-14-5-12-26(20-28)25-11-4-13-27(19-25)36-33(40)41-22-23-8-2-1-3-9-23;/h1-17,19-21H,18,22H2,(H,36,40);1H. The Bertz CT molecular complexity index is 1900. The van der Waals surface area contributed by atoms with Gasteiger partial charge in [-0.1, -0.05) is 60.7 Å². The molecular weight excluding hydrogens is 550 g/mol. The maximum absolute atomic E-state index is 13.8. The molecule has 6 aromatic rings. The number of nitrogens with one attached hydrogen (secondary N) is 1. The fraction of sp³-hybridized carbons (Fsp3) is 0.0606. The summed E-state index contributed by atoms with van der Waals surface area (Å²) in [5, 5.41) is 2.79. The Kier molecular flexibility index (Phi) is 8.65. The molecule has 42 heavy (non-hydrogen) atoms. The van der Waals surface area contributed by atoms with Crippen LogP contribution in [-0.4, -0.2) is 25.6 Å². The molecule has 3 aromatic carbocycles. The molecule has 0 fully saturated rings. The number of ether oxygens (including phenoxy) is 1. The molecule has 0 aliphatic rings. The number of nitrogens with zero attached hydrogens (tertiary/aromatic N) is 4. The van der Waals surface area contributed by atoms with E-state index in [1.807, 2.05) is 91.0 Å². The second-order valence-electron chi connectivity index (χ2n) is 9.40. The molecule has 9 heteroatoms. The number of fused-ring (bicyclic) bond motifs is 1. The van der Waals surface area contributed by atoms with Crippen LogP contribution in [0.15, 0.2) is 127 Å². The van der Waals surface area contributed by atoms with Crippen molar-refractivity contribution in [3.8, 4) is 16.8 Å². The molecule has 3 heterocycles. The van der Waals surface area contributed by atoms with E-state index in [2.05, 4.69) is 20.3 Å². The maximum atomic E-state index is 13.8. The minimum atomic E-state index is -0.540. The first-order chi connectivity index (χ1) is 20.1. The largest absolute Gasteiger partial charge is 0.444 e. The van der Waals surface area contributed by atoms with Gasteiger partial charge in [0.05, 0.1) is 5.69 Å². The van der Waals surface area contributed by atoms with E-state index in [1.54, 1.807) is 35.3 Å². The Morgan fingerprint density at radius 2 is 1.57 bits per heavy atom. The number of amides is 1. The van der Waals surface area contributed by atoms with Crippen molar-refractivity contribution in [2.75, 3.05) is 5.32 Å². The van der Waals surface area contributed by atoms with Crippen LogP contribution in [0.4, 0.5) is 10.5 Å². The molecule has 1 amide bonds. The van der Waals surface area contributed by atoms with Gasteiger partial charge in [0, 0.05) is 30.7 Å². The molecule has 0 saturated carbocycles. The molecule has 1 N–H and O–H groups in total. The van der Waals surface area contributed by atoms with Crippen molar-refractivity contribution in [3.05, 3.63) is 149 Å². The molecular formula is C33H26ClN5O3. The van der Waals surface area contributed by atoms with Crippen LogP contribution in [0.1, 0.15) is 16.8 Å². The lowest BCUT2D eigenvalue weighted by molar-refractivity contribution is 0.155. The van der Waals surface area contributed by atoms with E-state index in [0.717, 1.165) is 22.3 Å². The van der Waals surface area contributed by atoms with E-state index in [0.29, 0.717) is 34.7 Å². The zero-order chi connectivity index (χ0) is 28.0. The number of carbonyl (C=O) groups excluding carboxylic acids is 1. The van der Waals surface area contributed by atoms with Crippen molar-refractivity contribution in [1.82, 2.24) is 19.5 Å². The number of rotatable bonds is 7. The molecule has 0 unspecified atom stereocenters. The van der Waals surface area contributed by atoms with Gasteiger partial charge in [0.25, 0.3) is 5.56 Å². The molecule has 208 valence electrons. The highest BCUT2D eigenvalue weighted by Gasteiger charge is 2.15. The highest BCUT2D eigenvalue weighted by molar-refractivity contribution is 5.86. The smallest absolute Gasteiger partial charge is 0.411 e. The Morgan fingerprint density at radius 1 is 0.810 bits per heavy atom. The van der Waals surface area contributed by atoms with E-state index >= 15 is 0 Å². The number of hydrogen-bond donors (Lipinski definition) is 1. The van der Waals surface area contributed by atoms with Gasteiger partial charge in [-0.15, -0.1) is 12.4 Å². The summed E-state index contributed by atoms with van der Waals surface area (Å²) < 4.78 is 6.96. The van der Waals surface area contributed by atoms with Gasteiger partial charge >= 0.3 is 6.09 Å². The van der Waals surface area contributed by atoms with E-state index in [1.165, 1.54) is 0 Å². The van der Waals surface area contributed by atoms with Gasteiger partial charge < -0.3 is 4.74 Å². The number of aromatic nitrogens is 4. The van der Waals surface area contributed by atoms with Crippen molar-refractivity contribution >= 4 is 35.4 Å². The van der Waals surface area contributed by atoms with Crippen molar-refractivity contribution in [2.45, 2.75) is 13.0 Å². The average Bonchev–Trinajstić information content (AvgIpc) is 3.02. The van der Waals surface area contributed by atoms with Gasteiger partial charge in [-0.2, -0.15) is 0 Å². The van der Waals surface area contributed by atoms with Gasteiger partial charge in [0.1, 0.15) is 17.8 Å². The summed E-state index contributed by atoms with van der Waals surface area (Å²) in [5.41, 5.74) is 6.05. The van der Waals surface area contributed by atoms with Crippen LogP contribution < -0.4 is 10.9 Å². The van der Waals surface area contributed by atoms with Gasteiger partial charge in [-0.25, -0.2) is 14.8 Å². The lowest BCUT2D eigenvalue weighted by Gasteiger charge is -2.13. The summed E-state index contributed by atoms with van der Waals surface area (Å²) in [6.07, 6.45) is 4.89. The van der Waals surface area contributed by atoms with Gasteiger partial charge in [-0.05, 0) is 64.7 Å². The van der Waals surface area contributed by atoms with Crippen LogP contribution in [0, 0.1) is 0 Å². The molecule has 0 atom stereocenters. The first-order valence-corrected chi connectivity index (χ1v) is 13.1. The Labute approximate surface area is 248 Å². The Morgan fingerprint density at radius 3 is 2.38 bits per heavy atom. The molecule has 6 rings (SSSR count). The summed E-state index contributed by atoms with van der Waals surface area (Å²) >= 11 is 0. The number of halogens is 1. The van der Waals surface area contributed by atoms with Crippen LogP contribution in [0.2, 0.25) is 0 Å². The third-order valence-corrected chi connectivity index (χ3v) is 6.54. The second-order valence-corrected chi connectivity index (χ2v) is 9.40. The number of benzene rings is 3. The summed E-state index contributed by atoms with van der Waals surface area (Å²) in [6, 6.07) is 32.0. The topological polar surface area (TPSA) is 99.0 Å². The van der Waals surface area contributed by atoms with E-state index in [9.17, 15) is 9.59 Å². The molecule has 8 nitrogen and oxygen atoms in total.